The van der Waals surface area contributed by atoms with Gasteiger partial charge in [-0.25, -0.2) is 4.79 Å². The van der Waals surface area contributed by atoms with Gasteiger partial charge in [-0.05, 0) is 24.5 Å². The molecule has 0 radical (unpaired) electrons. The number of hydrogen-bond donors (Lipinski definition) is 4. The molecule has 0 aliphatic carbocycles. The van der Waals surface area contributed by atoms with E-state index in [0.29, 0.717) is 22.9 Å². The number of phenols is 1. The van der Waals surface area contributed by atoms with Crippen LogP contribution in [0.3, 0.4) is 0 Å². The van der Waals surface area contributed by atoms with Gasteiger partial charge in [0, 0.05) is 22.7 Å². The van der Waals surface area contributed by atoms with E-state index in [-0.39, 0.29) is 17.2 Å². The van der Waals surface area contributed by atoms with Gasteiger partial charge >= 0.3 is 5.97 Å². The van der Waals surface area contributed by atoms with Crippen molar-refractivity contribution in [1.29, 1.82) is 5.26 Å². The van der Waals surface area contributed by atoms with Gasteiger partial charge in [0.1, 0.15) is 23.4 Å². The van der Waals surface area contributed by atoms with Crippen LogP contribution < -0.4 is 10.6 Å². The molecule has 0 aliphatic rings. The molecule has 2 aromatic carbocycles. The minimum Gasteiger partial charge on any atom is -0.507 e. The van der Waals surface area contributed by atoms with E-state index in [0.717, 1.165) is 6.20 Å². The predicted molar refractivity (Wildman–Crippen MR) is 102 cm³/mol. The highest BCUT2D eigenvalue weighted by Gasteiger charge is 2.18. The molecule has 2 rings (SSSR count). The van der Waals surface area contributed by atoms with E-state index in [4.69, 9.17) is 0 Å². The number of nitrogens with zero attached hydrogens (tertiary/aromatic N) is 1. The second-order valence-corrected chi connectivity index (χ2v) is 6.49. The number of aromatic hydroxyl groups is 1. The van der Waals surface area contributed by atoms with Crippen molar-refractivity contribution in [2.24, 2.45) is 5.92 Å². The summed E-state index contributed by atoms with van der Waals surface area (Å²) in [6.07, 6.45) is 1.48. The van der Waals surface area contributed by atoms with E-state index in [1.54, 1.807) is 42.5 Å². The normalized spacial score (nSPS) is 12.4. The van der Waals surface area contributed by atoms with Crippen LogP contribution in [0.5, 0.6) is 5.75 Å². The summed E-state index contributed by atoms with van der Waals surface area (Å²) in [5.41, 5.74) is 0.189. The number of hydrogen-bond acceptors (Lipinski definition) is 5. The molecule has 0 aliphatic heterocycles. The van der Waals surface area contributed by atoms with Crippen LogP contribution in [-0.4, -0.2) is 28.1 Å². The smallest absolute Gasteiger partial charge is 0.326 e. The topological polar surface area (TPSA) is 122 Å². The summed E-state index contributed by atoms with van der Waals surface area (Å²) in [4.78, 5) is 23.7. The highest BCUT2D eigenvalue weighted by Crippen LogP contribution is 2.29. The minimum absolute atomic E-state index is 0.0827. The highest BCUT2D eigenvalue weighted by molar-refractivity contribution is 6.11. The fourth-order valence-corrected chi connectivity index (χ4v) is 2.64. The van der Waals surface area contributed by atoms with Gasteiger partial charge in [0.25, 0.3) is 5.91 Å². The summed E-state index contributed by atoms with van der Waals surface area (Å²) in [6.45, 7) is 3.77. The van der Waals surface area contributed by atoms with Crippen LogP contribution in [0.2, 0.25) is 0 Å². The Morgan fingerprint density at radius 1 is 1.19 bits per heavy atom. The molecule has 0 spiro atoms. The molecular weight excluding hydrogens is 346 g/mol. The number of aliphatic carboxylic acids is 1. The Kier molecular flexibility index (Phi) is 6.39. The second kappa shape index (κ2) is 8.72. The van der Waals surface area contributed by atoms with E-state index >= 15 is 0 Å². The maximum atomic E-state index is 12.4. The van der Waals surface area contributed by atoms with Crippen LogP contribution in [0.25, 0.3) is 10.8 Å². The van der Waals surface area contributed by atoms with Gasteiger partial charge in [0.15, 0.2) is 0 Å². The predicted octanol–water partition coefficient (Wildman–Crippen LogP) is 2.98. The van der Waals surface area contributed by atoms with E-state index < -0.39 is 17.9 Å². The number of amides is 1. The van der Waals surface area contributed by atoms with Crippen LogP contribution >= 0.6 is 0 Å². The lowest BCUT2D eigenvalue weighted by atomic mass is 10.0. The number of carboxylic acids is 1. The zero-order valence-electron chi connectivity index (χ0n) is 15.1. The molecule has 140 valence electrons. The number of anilines is 1. The van der Waals surface area contributed by atoms with Crippen LogP contribution in [0.1, 0.15) is 20.3 Å². The summed E-state index contributed by atoms with van der Waals surface area (Å²) < 4.78 is 0. The van der Waals surface area contributed by atoms with Crippen LogP contribution in [0.4, 0.5) is 5.69 Å². The largest absolute Gasteiger partial charge is 0.507 e. The van der Waals surface area contributed by atoms with Crippen molar-refractivity contribution in [3.8, 4) is 11.8 Å². The SMILES string of the molecule is CC(C)CC(N/C=C(/C#N)C(=O)Nc1cccc2c(O)cccc12)C(=O)O. The van der Waals surface area contributed by atoms with Crippen LogP contribution in [0, 0.1) is 17.2 Å². The lowest BCUT2D eigenvalue weighted by Crippen LogP contribution is -2.35. The van der Waals surface area contributed by atoms with Gasteiger partial charge < -0.3 is 20.8 Å². The summed E-state index contributed by atoms with van der Waals surface area (Å²) in [5.74, 6) is -1.51. The van der Waals surface area contributed by atoms with Gasteiger partial charge in [0.05, 0.1) is 0 Å². The lowest BCUT2D eigenvalue weighted by Gasteiger charge is -2.15. The Hall–Kier alpha value is -3.53. The number of carbonyl (C=O) groups is 2. The lowest BCUT2D eigenvalue weighted by molar-refractivity contribution is -0.139. The molecule has 27 heavy (non-hydrogen) atoms. The van der Waals surface area contributed by atoms with Gasteiger partial charge in [-0.1, -0.05) is 38.1 Å². The maximum absolute atomic E-state index is 12.4. The molecule has 1 unspecified atom stereocenters. The molecule has 0 fully saturated rings. The molecule has 0 heterocycles. The fraction of sp³-hybridized carbons (Fsp3) is 0.250. The van der Waals surface area contributed by atoms with Crippen molar-refractivity contribution >= 4 is 28.3 Å². The number of carboxylic acid groups (broad SMARTS) is 1. The fourth-order valence-electron chi connectivity index (χ4n) is 2.64. The van der Waals surface area contributed by atoms with Gasteiger partial charge in [-0.3, -0.25) is 4.79 Å². The molecule has 7 heteroatoms. The number of nitriles is 1. The van der Waals surface area contributed by atoms with Crippen LogP contribution in [0.15, 0.2) is 48.2 Å². The first kappa shape index (κ1) is 19.8. The standard InChI is InChI=1S/C20H21N3O4/c1-12(2)9-17(20(26)27)22-11-13(10-21)19(25)23-16-7-3-6-15-14(16)5-4-8-18(15)24/h3-8,11-12,17,22,24H,9H2,1-2H3,(H,23,25)(H,26,27)/b13-11-. The van der Waals surface area contributed by atoms with Gasteiger partial charge in [-0.15, -0.1) is 0 Å². The van der Waals surface area contributed by atoms with Gasteiger partial charge in [-0.2, -0.15) is 5.26 Å². The zero-order chi connectivity index (χ0) is 20.0. The third-order valence-electron chi connectivity index (χ3n) is 3.95. The molecule has 1 amide bonds. The summed E-state index contributed by atoms with van der Waals surface area (Å²) in [7, 11) is 0. The Morgan fingerprint density at radius 3 is 2.48 bits per heavy atom. The summed E-state index contributed by atoms with van der Waals surface area (Å²) in [5, 5.41) is 34.8. The van der Waals surface area contributed by atoms with Crippen molar-refractivity contribution in [2.75, 3.05) is 5.32 Å². The molecule has 1 atom stereocenters. The Bertz CT molecular complexity index is 928. The molecule has 0 saturated carbocycles. The molecule has 4 N–H and O–H groups in total. The van der Waals surface area contributed by atoms with Crippen molar-refractivity contribution < 1.29 is 19.8 Å². The van der Waals surface area contributed by atoms with Gasteiger partial charge in [0.2, 0.25) is 0 Å². The summed E-state index contributed by atoms with van der Waals surface area (Å²) >= 11 is 0. The van der Waals surface area contributed by atoms with E-state index in [9.17, 15) is 25.1 Å². The number of phenolic OH excluding ortho intramolecular Hbond substituents is 1. The number of carbonyl (C=O) groups excluding carboxylic acids is 1. The molecule has 2 aromatic rings. The van der Waals surface area contributed by atoms with E-state index in [1.165, 1.54) is 0 Å². The van der Waals surface area contributed by atoms with Crippen LogP contribution in [-0.2, 0) is 9.59 Å². The van der Waals surface area contributed by atoms with Crippen molar-refractivity contribution in [3.05, 3.63) is 48.2 Å². The first-order valence-corrected chi connectivity index (χ1v) is 8.44. The quantitative estimate of drug-likeness (QED) is 0.441. The van der Waals surface area contributed by atoms with E-state index in [1.807, 2.05) is 13.8 Å². The number of fused-ring (bicyclic) bond motifs is 1. The summed E-state index contributed by atoms with van der Waals surface area (Å²) in [6, 6.07) is 10.9. The molecule has 0 saturated heterocycles. The number of nitrogens with one attached hydrogen (secondary N) is 2. The Balaban J connectivity index is 2.22. The van der Waals surface area contributed by atoms with Crippen molar-refractivity contribution in [1.82, 2.24) is 5.32 Å². The van der Waals surface area contributed by atoms with Crippen molar-refractivity contribution in [2.45, 2.75) is 26.3 Å². The maximum Gasteiger partial charge on any atom is 0.326 e. The molecule has 0 bridgehead atoms. The first-order valence-electron chi connectivity index (χ1n) is 8.44. The minimum atomic E-state index is -1.05. The second-order valence-electron chi connectivity index (χ2n) is 6.49. The highest BCUT2D eigenvalue weighted by atomic mass is 16.4. The number of rotatable bonds is 7. The first-order chi connectivity index (χ1) is 12.8. The molecule has 7 nitrogen and oxygen atoms in total. The third kappa shape index (κ3) is 4.98. The Labute approximate surface area is 156 Å². The molecule has 0 aromatic heterocycles. The van der Waals surface area contributed by atoms with E-state index in [2.05, 4.69) is 10.6 Å². The van der Waals surface area contributed by atoms with Crippen molar-refractivity contribution in [3.63, 3.8) is 0 Å². The number of benzene rings is 2. The monoisotopic (exact) mass is 367 g/mol. The average Bonchev–Trinajstić information content (AvgIpc) is 2.61. The Morgan fingerprint density at radius 2 is 1.85 bits per heavy atom. The zero-order valence-corrected chi connectivity index (χ0v) is 15.1. The third-order valence-corrected chi connectivity index (χ3v) is 3.95. The average molecular weight is 367 g/mol. The molecular formula is C20H21N3O4.